The van der Waals surface area contributed by atoms with Crippen molar-refractivity contribution in [3.8, 4) is 17.1 Å². The van der Waals surface area contributed by atoms with Gasteiger partial charge in [0.15, 0.2) is 5.82 Å². The SMILES string of the molecule is CCc1ccc(-n2c(Sc3ccc(C(F)(F)F)cc3[N+](=O)[O-])nnc2-c2ccccc2)cc1. The summed E-state index contributed by atoms with van der Waals surface area (Å²) in [6.07, 6.45) is -3.83. The minimum atomic E-state index is -4.69. The molecular formula is C23H17F3N4O2S. The van der Waals surface area contributed by atoms with Crippen LogP contribution in [0.15, 0.2) is 82.8 Å². The molecule has 1 aromatic heterocycles. The van der Waals surface area contributed by atoms with E-state index in [-0.39, 0.29) is 4.90 Å². The van der Waals surface area contributed by atoms with E-state index in [1.165, 1.54) is 0 Å². The van der Waals surface area contributed by atoms with Gasteiger partial charge < -0.3 is 0 Å². The third-order valence-electron chi connectivity index (χ3n) is 4.95. The number of halogens is 3. The van der Waals surface area contributed by atoms with Gasteiger partial charge in [0, 0.05) is 17.3 Å². The molecule has 0 fully saturated rings. The summed E-state index contributed by atoms with van der Waals surface area (Å²) in [6.45, 7) is 2.04. The van der Waals surface area contributed by atoms with Crippen LogP contribution < -0.4 is 0 Å². The van der Waals surface area contributed by atoms with Crippen molar-refractivity contribution in [2.75, 3.05) is 0 Å². The predicted octanol–water partition coefficient (Wildman–Crippen LogP) is 6.57. The highest BCUT2D eigenvalue weighted by Gasteiger charge is 2.33. The molecule has 0 amide bonds. The Bertz CT molecular complexity index is 1290. The van der Waals surface area contributed by atoms with Crippen LogP contribution in [-0.2, 0) is 12.6 Å². The first-order chi connectivity index (χ1) is 15.8. The summed E-state index contributed by atoms with van der Waals surface area (Å²) in [6, 6.07) is 19.4. The van der Waals surface area contributed by atoms with E-state index in [1.807, 2.05) is 61.5 Å². The zero-order valence-electron chi connectivity index (χ0n) is 17.3. The average Bonchev–Trinajstić information content (AvgIpc) is 3.22. The quantitative estimate of drug-likeness (QED) is 0.235. The average molecular weight is 470 g/mol. The molecule has 0 atom stereocenters. The maximum atomic E-state index is 13.1. The van der Waals surface area contributed by atoms with Gasteiger partial charge in [-0.25, -0.2) is 0 Å². The zero-order valence-corrected chi connectivity index (χ0v) is 18.1. The molecule has 33 heavy (non-hydrogen) atoms. The molecule has 6 nitrogen and oxygen atoms in total. The Hall–Kier alpha value is -3.66. The van der Waals surface area contributed by atoms with Crippen molar-refractivity contribution in [1.82, 2.24) is 14.8 Å². The van der Waals surface area contributed by atoms with E-state index < -0.39 is 22.4 Å². The molecule has 168 valence electrons. The highest BCUT2D eigenvalue weighted by atomic mass is 32.2. The van der Waals surface area contributed by atoms with Gasteiger partial charge in [-0.1, -0.05) is 49.4 Å². The van der Waals surface area contributed by atoms with Crippen LogP contribution in [0.3, 0.4) is 0 Å². The van der Waals surface area contributed by atoms with Crippen LogP contribution in [0.5, 0.6) is 0 Å². The molecule has 0 N–H and O–H groups in total. The van der Waals surface area contributed by atoms with Gasteiger partial charge in [-0.05, 0) is 48.0 Å². The lowest BCUT2D eigenvalue weighted by Gasteiger charge is -2.12. The van der Waals surface area contributed by atoms with Crippen LogP contribution in [0.25, 0.3) is 17.1 Å². The summed E-state index contributed by atoms with van der Waals surface area (Å²) < 4.78 is 41.0. The molecule has 0 unspecified atom stereocenters. The van der Waals surface area contributed by atoms with Crippen LogP contribution in [0.1, 0.15) is 18.1 Å². The van der Waals surface area contributed by atoms with Gasteiger partial charge in [-0.15, -0.1) is 10.2 Å². The van der Waals surface area contributed by atoms with Crippen molar-refractivity contribution >= 4 is 17.4 Å². The van der Waals surface area contributed by atoms with Crippen molar-refractivity contribution in [3.63, 3.8) is 0 Å². The van der Waals surface area contributed by atoms with Crippen molar-refractivity contribution in [2.45, 2.75) is 29.6 Å². The number of nitro benzene ring substituents is 1. The Labute approximate surface area is 191 Å². The molecule has 0 spiro atoms. The normalized spacial score (nSPS) is 11.5. The van der Waals surface area contributed by atoms with Crippen LogP contribution in [0, 0.1) is 10.1 Å². The zero-order chi connectivity index (χ0) is 23.6. The first-order valence-corrected chi connectivity index (χ1v) is 10.7. The van der Waals surface area contributed by atoms with E-state index in [4.69, 9.17) is 0 Å². The van der Waals surface area contributed by atoms with Crippen molar-refractivity contribution in [3.05, 3.63) is 94.0 Å². The Morgan fingerprint density at radius 1 is 1.00 bits per heavy atom. The second-order valence-electron chi connectivity index (χ2n) is 7.07. The summed E-state index contributed by atoms with van der Waals surface area (Å²) in [5.41, 5.74) is 0.902. The fourth-order valence-electron chi connectivity index (χ4n) is 3.24. The van der Waals surface area contributed by atoms with E-state index in [0.717, 1.165) is 47.1 Å². The first-order valence-electron chi connectivity index (χ1n) is 9.91. The minimum Gasteiger partial charge on any atom is -0.270 e. The summed E-state index contributed by atoms with van der Waals surface area (Å²) in [5, 5.41) is 20.3. The van der Waals surface area contributed by atoms with Gasteiger partial charge in [-0.3, -0.25) is 14.7 Å². The number of aromatic nitrogens is 3. The number of nitrogens with zero attached hydrogens (tertiary/aromatic N) is 4. The lowest BCUT2D eigenvalue weighted by Crippen LogP contribution is -2.06. The number of hydrogen-bond acceptors (Lipinski definition) is 5. The van der Waals surface area contributed by atoms with Crippen molar-refractivity contribution in [2.24, 2.45) is 0 Å². The lowest BCUT2D eigenvalue weighted by molar-refractivity contribution is -0.388. The van der Waals surface area contributed by atoms with Gasteiger partial charge in [0.25, 0.3) is 5.69 Å². The monoisotopic (exact) mass is 470 g/mol. The van der Waals surface area contributed by atoms with Gasteiger partial charge >= 0.3 is 6.18 Å². The van der Waals surface area contributed by atoms with Crippen LogP contribution >= 0.6 is 11.8 Å². The molecule has 0 aliphatic rings. The molecular weight excluding hydrogens is 453 g/mol. The largest absolute Gasteiger partial charge is 0.416 e. The number of hydrogen-bond donors (Lipinski definition) is 0. The standard InChI is InChI=1S/C23H17F3N4O2S/c1-2-15-8-11-18(12-9-15)29-21(16-6-4-3-5-7-16)27-28-22(29)33-20-13-10-17(23(24,25)26)14-19(20)30(31)32/h3-14H,2H2,1H3. The van der Waals surface area contributed by atoms with E-state index in [0.29, 0.717) is 17.0 Å². The Balaban J connectivity index is 1.83. The van der Waals surface area contributed by atoms with Crippen molar-refractivity contribution in [1.29, 1.82) is 0 Å². The number of alkyl halides is 3. The molecule has 0 aliphatic carbocycles. The number of rotatable bonds is 6. The third kappa shape index (κ3) is 4.75. The molecule has 0 saturated carbocycles. The summed E-state index contributed by atoms with van der Waals surface area (Å²) in [5.74, 6) is 0.511. The lowest BCUT2D eigenvalue weighted by atomic mass is 10.1. The van der Waals surface area contributed by atoms with Crippen LogP contribution in [-0.4, -0.2) is 19.7 Å². The summed E-state index contributed by atoms with van der Waals surface area (Å²) in [4.78, 5) is 10.7. The molecule has 4 rings (SSSR count). The minimum absolute atomic E-state index is 0.0337. The van der Waals surface area contributed by atoms with E-state index in [1.54, 1.807) is 4.57 Å². The van der Waals surface area contributed by atoms with Gasteiger partial charge in [0.2, 0.25) is 5.16 Å². The van der Waals surface area contributed by atoms with Gasteiger partial charge in [-0.2, -0.15) is 13.2 Å². The predicted molar refractivity (Wildman–Crippen MR) is 118 cm³/mol. The third-order valence-corrected chi connectivity index (χ3v) is 5.96. The first kappa shape index (κ1) is 22.5. The topological polar surface area (TPSA) is 73.8 Å². The van der Waals surface area contributed by atoms with Crippen molar-refractivity contribution < 1.29 is 18.1 Å². The number of nitro groups is 1. The maximum absolute atomic E-state index is 13.1. The molecule has 0 bridgehead atoms. The Morgan fingerprint density at radius 2 is 1.70 bits per heavy atom. The molecule has 0 radical (unpaired) electrons. The molecule has 10 heteroatoms. The molecule has 4 aromatic rings. The van der Waals surface area contributed by atoms with Crippen LogP contribution in [0.4, 0.5) is 18.9 Å². The Morgan fingerprint density at radius 3 is 2.30 bits per heavy atom. The van der Waals surface area contributed by atoms with Crippen LogP contribution in [0.2, 0.25) is 0 Å². The van der Waals surface area contributed by atoms with E-state index in [9.17, 15) is 23.3 Å². The fraction of sp³-hybridized carbons (Fsp3) is 0.130. The van der Waals surface area contributed by atoms with E-state index in [2.05, 4.69) is 10.2 Å². The summed E-state index contributed by atoms with van der Waals surface area (Å²) >= 11 is 0.889. The molecule has 1 heterocycles. The number of aryl methyl sites for hydroxylation is 1. The van der Waals surface area contributed by atoms with Gasteiger partial charge in [0.1, 0.15) is 0 Å². The Kier molecular flexibility index (Phi) is 6.19. The second kappa shape index (κ2) is 9.07. The molecule has 3 aromatic carbocycles. The van der Waals surface area contributed by atoms with Gasteiger partial charge in [0.05, 0.1) is 15.4 Å². The number of benzene rings is 3. The molecule has 0 aliphatic heterocycles. The summed E-state index contributed by atoms with van der Waals surface area (Å²) in [7, 11) is 0. The highest BCUT2D eigenvalue weighted by molar-refractivity contribution is 7.99. The molecule has 0 saturated heterocycles. The smallest absolute Gasteiger partial charge is 0.270 e. The second-order valence-corrected chi connectivity index (χ2v) is 8.08. The van der Waals surface area contributed by atoms with E-state index >= 15 is 0 Å². The maximum Gasteiger partial charge on any atom is 0.416 e. The highest BCUT2D eigenvalue weighted by Crippen LogP contribution is 2.40. The fourth-order valence-corrected chi connectivity index (χ4v) is 4.18.